The molecule has 1 aromatic carbocycles. The van der Waals surface area contributed by atoms with Crippen molar-refractivity contribution in [3.8, 4) is 5.75 Å². The second kappa shape index (κ2) is 5.54. The van der Waals surface area contributed by atoms with Crippen LogP contribution in [0.5, 0.6) is 5.75 Å². The number of amides is 1. The highest BCUT2D eigenvalue weighted by Crippen LogP contribution is 2.25. The van der Waals surface area contributed by atoms with Crippen LogP contribution in [0.1, 0.15) is 23.2 Å². The third kappa shape index (κ3) is 2.46. The van der Waals surface area contributed by atoms with Gasteiger partial charge >= 0.3 is 0 Å². The van der Waals surface area contributed by atoms with Crippen molar-refractivity contribution in [3.05, 3.63) is 29.8 Å². The van der Waals surface area contributed by atoms with E-state index in [-0.39, 0.29) is 5.91 Å². The van der Waals surface area contributed by atoms with E-state index in [2.05, 4.69) is 15.9 Å². The first-order valence-corrected chi connectivity index (χ1v) is 6.90. The number of likely N-dealkylation sites (tertiary alicyclic amines) is 1. The van der Waals surface area contributed by atoms with Gasteiger partial charge in [0.1, 0.15) is 5.75 Å². The Morgan fingerprint density at radius 1 is 1.53 bits per heavy atom. The van der Waals surface area contributed by atoms with Gasteiger partial charge in [-0.2, -0.15) is 0 Å². The molecule has 1 aliphatic rings. The summed E-state index contributed by atoms with van der Waals surface area (Å²) in [7, 11) is 1.60. The maximum atomic E-state index is 12.4. The molecule has 1 amide bonds. The van der Waals surface area contributed by atoms with Crippen molar-refractivity contribution in [1.29, 1.82) is 0 Å². The number of hydrogen-bond acceptors (Lipinski definition) is 2. The number of halogens is 1. The van der Waals surface area contributed by atoms with E-state index in [9.17, 15) is 4.79 Å². The molecular formula is C13H16BrNO2. The second-order valence-corrected chi connectivity index (χ2v) is 4.80. The number of rotatable bonds is 3. The molecule has 1 atom stereocenters. The van der Waals surface area contributed by atoms with Gasteiger partial charge in [0.15, 0.2) is 0 Å². The number of benzene rings is 1. The Labute approximate surface area is 110 Å². The molecule has 17 heavy (non-hydrogen) atoms. The van der Waals surface area contributed by atoms with E-state index < -0.39 is 0 Å². The van der Waals surface area contributed by atoms with E-state index in [0.29, 0.717) is 17.4 Å². The Kier molecular flexibility index (Phi) is 4.05. The van der Waals surface area contributed by atoms with Crippen LogP contribution in [0.3, 0.4) is 0 Å². The highest BCUT2D eigenvalue weighted by atomic mass is 79.9. The fraction of sp³-hybridized carbons (Fsp3) is 0.462. The molecule has 2 rings (SSSR count). The topological polar surface area (TPSA) is 29.5 Å². The summed E-state index contributed by atoms with van der Waals surface area (Å²) < 4.78 is 5.24. The SMILES string of the molecule is COc1ccccc1C(=O)N1CCC[C@H]1CBr. The predicted molar refractivity (Wildman–Crippen MR) is 70.8 cm³/mol. The van der Waals surface area contributed by atoms with Crippen molar-refractivity contribution < 1.29 is 9.53 Å². The Bertz CT molecular complexity index is 408. The number of ether oxygens (including phenoxy) is 1. The summed E-state index contributed by atoms with van der Waals surface area (Å²) >= 11 is 3.47. The number of methoxy groups -OCH3 is 1. The van der Waals surface area contributed by atoms with Gasteiger partial charge in [0.05, 0.1) is 12.7 Å². The molecule has 0 bridgehead atoms. The normalized spacial score (nSPS) is 19.4. The molecule has 1 saturated heterocycles. The molecule has 0 unspecified atom stereocenters. The molecule has 0 radical (unpaired) electrons. The lowest BCUT2D eigenvalue weighted by Gasteiger charge is -2.23. The Balaban J connectivity index is 2.24. The lowest BCUT2D eigenvalue weighted by atomic mass is 10.1. The summed E-state index contributed by atoms with van der Waals surface area (Å²) in [6, 6.07) is 7.71. The summed E-state index contributed by atoms with van der Waals surface area (Å²) in [6.45, 7) is 0.840. The van der Waals surface area contributed by atoms with Crippen molar-refractivity contribution >= 4 is 21.8 Å². The quantitative estimate of drug-likeness (QED) is 0.803. The van der Waals surface area contributed by atoms with Crippen LogP contribution in [0, 0.1) is 0 Å². The van der Waals surface area contributed by atoms with Gasteiger partial charge in [0.2, 0.25) is 0 Å². The van der Waals surface area contributed by atoms with Crippen molar-refractivity contribution in [3.63, 3.8) is 0 Å². The average molecular weight is 298 g/mol. The van der Waals surface area contributed by atoms with E-state index in [4.69, 9.17) is 4.74 Å². The first-order chi connectivity index (χ1) is 8.27. The van der Waals surface area contributed by atoms with E-state index in [0.717, 1.165) is 24.7 Å². The Morgan fingerprint density at radius 2 is 2.29 bits per heavy atom. The number of para-hydroxylation sites is 1. The molecule has 1 aromatic rings. The zero-order chi connectivity index (χ0) is 12.3. The standard InChI is InChI=1S/C13H16BrNO2/c1-17-12-7-3-2-6-11(12)13(16)15-8-4-5-10(15)9-14/h2-3,6-7,10H,4-5,8-9H2,1H3/t10-/m0/s1. The van der Waals surface area contributed by atoms with E-state index >= 15 is 0 Å². The van der Waals surface area contributed by atoms with Crippen molar-refractivity contribution in [1.82, 2.24) is 4.90 Å². The average Bonchev–Trinajstić information content (AvgIpc) is 2.86. The summed E-state index contributed by atoms with van der Waals surface area (Å²) in [4.78, 5) is 14.4. The van der Waals surface area contributed by atoms with E-state index in [1.807, 2.05) is 29.2 Å². The maximum Gasteiger partial charge on any atom is 0.257 e. The minimum atomic E-state index is 0.0735. The Hall–Kier alpha value is -1.03. The molecule has 1 heterocycles. The predicted octanol–water partition coefficient (Wildman–Crippen LogP) is 2.69. The molecule has 0 saturated carbocycles. The highest BCUT2D eigenvalue weighted by Gasteiger charge is 2.29. The zero-order valence-electron chi connectivity index (χ0n) is 9.86. The van der Waals surface area contributed by atoms with Crippen LogP contribution in [-0.4, -0.2) is 35.8 Å². The minimum Gasteiger partial charge on any atom is -0.496 e. The van der Waals surface area contributed by atoms with Gasteiger partial charge in [0, 0.05) is 17.9 Å². The fourth-order valence-electron chi connectivity index (χ4n) is 2.24. The van der Waals surface area contributed by atoms with Gasteiger partial charge in [-0.3, -0.25) is 4.79 Å². The molecule has 92 valence electrons. The lowest BCUT2D eigenvalue weighted by Crippen LogP contribution is -2.36. The summed E-state index contributed by atoms with van der Waals surface area (Å²) in [5.41, 5.74) is 0.655. The smallest absolute Gasteiger partial charge is 0.257 e. The first-order valence-electron chi connectivity index (χ1n) is 5.78. The number of carbonyl (C=O) groups is 1. The van der Waals surface area contributed by atoms with Crippen LogP contribution >= 0.6 is 15.9 Å². The van der Waals surface area contributed by atoms with Gasteiger partial charge in [-0.1, -0.05) is 28.1 Å². The maximum absolute atomic E-state index is 12.4. The lowest BCUT2D eigenvalue weighted by molar-refractivity contribution is 0.0747. The molecule has 0 aliphatic carbocycles. The molecule has 1 fully saturated rings. The third-order valence-electron chi connectivity index (χ3n) is 3.15. The van der Waals surface area contributed by atoms with E-state index in [1.54, 1.807) is 7.11 Å². The molecule has 0 aromatic heterocycles. The van der Waals surface area contributed by atoms with Crippen LogP contribution in [0.4, 0.5) is 0 Å². The summed E-state index contributed by atoms with van der Waals surface area (Å²) in [5, 5.41) is 0.841. The first kappa shape index (κ1) is 12.4. The third-order valence-corrected chi connectivity index (χ3v) is 3.90. The largest absolute Gasteiger partial charge is 0.496 e. The molecule has 1 aliphatic heterocycles. The Morgan fingerprint density at radius 3 is 3.00 bits per heavy atom. The van der Waals surface area contributed by atoms with Crippen LogP contribution in [0.15, 0.2) is 24.3 Å². The van der Waals surface area contributed by atoms with Crippen LogP contribution in [0.2, 0.25) is 0 Å². The highest BCUT2D eigenvalue weighted by molar-refractivity contribution is 9.09. The number of alkyl halides is 1. The summed E-state index contributed by atoms with van der Waals surface area (Å²) in [6.07, 6.45) is 2.16. The number of nitrogens with zero attached hydrogens (tertiary/aromatic N) is 1. The van der Waals surface area contributed by atoms with Gasteiger partial charge in [-0.15, -0.1) is 0 Å². The van der Waals surface area contributed by atoms with Gasteiger partial charge in [-0.05, 0) is 25.0 Å². The van der Waals surface area contributed by atoms with Crippen LogP contribution < -0.4 is 4.74 Å². The van der Waals surface area contributed by atoms with Crippen molar-refractivity contribution in [2.24, 2.45) is 0 Å². The molecule has 3 nitrogen and oxygen atoms in total. The molecule has 0 spiro atoms. The number of carbonyl (C=O) groups excluding carboxylic acids is 1. The van der Waals surface area contributed by atoms with Gasteiger partial charge in [0.25, 0.3) is 5.91 Å². The van der Waals surface area contributed by atoms with Crippen molar-refractivity contribution in [2.45, 2.75) is 18.9 Å². The second-order valence-electron chi connectivity index (χ2n) is 4.15. The van der Waals surface area contributed by atoms with Gasteiger partial charge < -0.3 is 9.64 Å². The molecule has 0 N–H and O–H groups in total. The van der Waals surface area contributed by atoms with Gasteiger partial charge in [-0.25, -0.2) is 0 Å². The minimum absolute atomic E-state index is 0.0735. The van der Waals surface area contributed by atoms with E-state index in [1.165, 1.54) is 0 Å². The van der Waals surface area contributed by atoms with Crippen molar-refractivity contribution in [2.75, 3.05) is 19.0 Å². The zero-order valence-corrected chi connectivity index (χ0v) is 11.4. The summed E-state index contributed by atoms with van der Waals surface area (Å²) in [5.74, 6) is 0.724. The van der Waals surface area contributed by atoms with Crippen LogP contribution in [0.25, 0.3) is 0 Å². The monoisotopic (exact) mass is 297 g/mol. The molecule has 4 heteroatoms. The van der Waals surface area contributed by atoms with Crippen LogP contribution in [-0.2, 0) is 0 Å². The number of hydrogen-bond donors (Lipinski definition) is 0. The molecular weight excluding hydrogens is 282 g/mol. The fourth-order valence-corrected chi connectivity index (χ4v) is 2.91.